The highest BCUT2D eigenvalue weighted by Gasteiger charge is 2.29. The molecule has 0 heterocycles. The zero-order valence-corrected chi connectivity index (χ0v) is 10.8. The van der Waals surface area contributed by atoms with Crippen LogP contribution in [0, 0.1) is 18.7 Å². The van der Waals surface area contributed by atoms with Gasteiger partial charge in [-0.2, -0.15) is 0 Å². The molecule has 2 heteroatoms. The lowest BCUT2D eigenvalue weighted by molar-refractivity contribution is 0.446. The van der Waals surface area contributed by atoms with Crippen LogP contribution in [0.5, 0.6) is 0 Å². The molecule has 1 unspecified atom stereocenters. The molecule has 1 nitrogen and oxygen atoms in total. The van der Waals surface area contributed by atoms with Crippen LogP contribution in [0.2, 0.25) is 0 Å². The molecule has 0 bridgehead atoms. The Hall–Kier alpha value is -0.890. The van der Waals surface area contributed by atoms with E-state index in [-0.39, 0.29) is 5.82 Å². The van der Waals surface area contributed by atoms with Gasteiger partial charge in [-0.15, -0.1) is 0 Å². The molecule has 1 aliphatic carbocycles. The van der Waals surface area contributed by atoms with Gasteiger partial charge in [-0.05, 0) is 62.3 Å². The van der Waals surface area contributed by atoms with Crippen molar-refractivity contribution in [1.29, 1.82) is 0 Å². The maximum absolute atomic E-state index is 13.4. The maximum Gasteiger partial charge on any atom is 0.126 e. The summed E-state index contributed by atoms with van der Waals surface area (Å²) in [6, 6.07) is 6.24. The predicted octanol–water partition coefficient (Wildman–Crippen LogP) is 3.45. The lowest BCUT2D eigenvalue weighted by atomic mass is 10.0. The van der Waals surface area contributed by atoms with Gasteiger partial charge in [0.2, 0.25) is 0 Å². The first kappa shape index (κ1) is 12.6. The molecule has 94 valence electrons. The first-order valence-electron chi connectivity index (χ1n) is 6.69. The second-order valence-electron chi connectivity index (χ2n) is 5.12. The summed E-state index contributed by atoms with van der Waals surface area (Å²) in [7, 11) is 0. The standard InChI is InChI=1S/C15H22FN/c1-3-17-15(13-7-8-13)9-6-12-5-4-11(2)14(16)10-12/h4-5,10,13,15,17H,3,6-9H2,1-2H3. The van der Waals surface area contributed by atoms with Gasteiger partial charge in [0.25, 0.3) is 0 Å². The summed E-state index contributed by atoms with van der Waals surface area (Å²) in [6.45, 7) is 5.00. The topological polar surface area (TPSA) is 12.0 Å². The smallest absolute Gasteiger partial charge is 0.126 e. The Kier molecular flexibility index (Phi) is 4.16. The third-order valence-electron chi connectivity index (χ3n) is 3.64. The number of halogens is 1. The SMILES string of the molecule is CCNC(CCc1ccc(C)c(F)c1)C1CC1. The number of hydrogen-bond donors (Lipinski definition) is 1. The van der Waals surface area contributed by atoms with Gasteiger partial charge in [-0.3, -0.25) is 0 Å². The molecule has 0 aliphatic heterocycles. The van der Waals surface area contributed by atoms with Gasteiger partial charge in [0.1, 0.15) is 5.82 Å². The zero-order valence-electron chi connectivity index (χ0n) is 10.8. The molecule has 2 rings (SSSR count). The van der Waals surface area contributed by atoms with Gasteiger partial charge >= 0.3 is 0 Å². The van der Waals surface area contributed by atoms with Crippen molar-refractivity contribution in [2.45, 2.75) is 45.6 Å². The van der Waals surface area contributed by atoms with E-state index < -0.39 is 0 Å². The van der Waals surface area contributed by atoms with Gasteiger partial charge in [-0.25, -0.2) is 4.39 Å². The summed E-state index contributed by atoms with van der Waals surface area (Å²) in [4.78, 5) is 0. The van der Waals surface area contributed by atoms with Crippen LogP contribution >= 0.6 is 0 Å². The van der Waals surface area contributed by atoms with E-state index in [0.29, 0.717) is 6.04 Å². The zero-order chi connectivity index (χ0) is 12.3. The van der Waals surface area contributed by atoms with Crippen molar-refractivity contribution in [3.05, 3.63) is 35.1 Å². The van der Waals surface area contributed by atoms with Gasteiger partial charge in [0.15, 0.2) is 0 Å². The van der Waals surface area contributed by atoms with Crippen molar-refractivity contribution in [2.24, 2.45) is 5.92 Å². The molecular formula is C15H22FN. The molecule has 0 radical (unpaired) electrons. The first-order chi connectivity index (χ1) is 8.20. The van der Waals surface area contributed by atoms with E-state index in [4.69, 9.17) is 0 Å². The largest absolute Gasteiger partial charge is 0.314 e. The fourth-order valence-corrected chi connectivity index (χ4v) is 2.38. The fourth-order valence-electron chi connectivity index (χ4n) is 2.38. The molecule has 1 N–H and O–H groups in total. The second-order valence-corrected chi connectivity index (χ2v) is 5.12. The third-order valence-corrected chi connectivity index (χ3v) is 3.64. The molecule has 1 aromatic carbocycles. The number of aryl methyl sites for hydroxylation is 2. The highest BCUT2D eigenvalue weighted by molar-refractivity contribution is 5.23. The number of hydrogen-bond acceptors (Lipinski definition) is 1. The molecule has 1 saturated carbocycles. The molecule has 0 amide bonds. The summed E-state index contributed by atoms with van der Waals surface area (Å²) < 4.78 is 13.4. The third kappa shape index (κ3) is 3.53. The number of rotatable bonds is 6. The van der Waals surface area contributed by atoms with Crippen LogP contribution in [0.3, 0.4) is 0 Å². The van der Waals surface area contributed by atoms with Crippen LogP contribution in [0.1, 0.15) is 37.3 Å². The van der Waals surface area contributed by atoms with Gasteiger partial charge in [-0.1, -0.05) is 19.1 Å². The summed E-state index contributed by atoms with van der Waals surface area (Å²) in [6.07, 6.45) is 4.83. The second kappa shape index (κ2) is 5.63. The van der Waals surface area contributed by atoms with Crippen LogP contribution in [-0.2, 0) is 6.42 Å². The van der Waals surface area contributed by atoms with Crippen LogP contribution in [-0.4, -0.2) is 12.6 Å². The predicted molar refractivity (Wildman–Crippen MR) is 69.6 cm³/mol. The molecular weight excluding hydrogens is 213 g/mol. The van der Waals surface area contributed by atoms with E-state index in [1.807, 2.05) is 19.1 Å². The molecule has 1 aliphatic rings. The Morgan fingerprint density at radius 1 is 1.41 bits per heavy atom. The monoisotopic (exact) mass is 235 g/mol. The van der Waals surface area contributed by atoms with Crippen molar-refractivity contribution >= 4 is 0 Å². The molecule has 17 heavy (non-hydrogen) atoms. The molecule has 1 atom stereocenters. The quantitative estimate of drug-likeness (QED) is 0.796. The molecule has 0 saturated heterocycles. The van der Waals surface area contributed by atoms with E-state index in [1.165, 1.54) is 12.8 Å². The van der Waals surface area contributed by atoms with E-state index >= 15 is 0 Å². The van der Waals surface area contributed by atoms with Crippen molar-refractivity contribution in [2.75, 3.05) is 6.54 Å². The molecule has 1 aromatic rings. The lowest BCUT2D eigenvalue weighted by Gasteiger charge is -2.17. The van der Waals surface area contributed by atoms with Crippen molar-refractivity contribution in [3.8, 4) is 0 Å². The number of nitrogens with one attached hydrogen (secondary N) is 1. The Morgan fingerprint density at radius 3 is 2.76 bits per heavy atom. The first-order valence-corrected chi connectivity index (χ1v) is 6.69. The van der Waals surface area contributed by atoms with E-state index in [2.05, 4.69) is 12.2 Å². The molecule has 0 spiro atoms. The van der Waals surface area contributed by atoms with E-state index in [9.17, 15) is 4.39 Å². The Morgan fingerprint density at radius 2 is 2.18 bits per heavy atom. The van der Waals surface area contributed by atoms with Crippen LogP contribution in [0.15, 0.2) is 18.2 Å². The van der Waals surface area contributed by atoms with Gasteiger partial charge < -0.3 is 5.32 Å². The summed E-state index contributed by atoms with van der Waals surface area (Å²) in [5.74, 6) is 0.791. The van der Waals surface area contributed by atoms with E-state index in [0.717, 1.165) is 36.4 Å². The highest BCUT2D eigenvalue weighted by atomic mass is 19.1. The fraction of sp³-hybridized carbons (Fsp3) is 0.600. The lowest BCUT2D eigenvalue weighted by Crippen LogP contribution is -2.31. The van der Waals surface area contributed by atoms with Crippen molar-refractivity contribution in [3.63, 3.8) is 0 Å². The summed E-state index contributed by atoms with van der Waals surface area (Å²) >= 11 is 0. The van der Waals surface area contributed by atoms with E-state index in [1.54, 1.807) is 6.07 Å². The minimum atomic E-state index is -0.0751. The van der Waals surface area contributed by atoms with Crippen LogP contribution < -0.4 is 5.32 Å². The molecule has 0 aromatic heterocycles. The van der Waals surface area contributed by atoms with Crippen LogP contribution in [0.4, 0.5) is 4.39 Å². The average molecular weight is 235 g/mol. The van der Waals surface area contributed by atoms with Gasteiger partial charge in [0, 0.05) is 6.04 Å². The Balaban J connectivity index is 1.89. The highest BCUT2D eigenvalue weighted by Crippen LogP contribution is 2.34. The molecule has 1 fully saturated rings. The number of benzene rings is 1. The minimum Gasteiger partial charge on any atom is -0.314 e. The van der Waals surface area contributed by atoms with Gasteiger partial charge in [0.05, 0.1) is 0 Å². The van der Waals surface area contributed by atoms with Crippen molar-refractivity contribution < 1.29 is 4.39 Å². The average Bonchev–Trinajstić information content (AvgIpc) is 3.13. The minimum absolute atomic E-state index is 0.0751. The van der Waals surface area contributed by atoms with Crippen LogP contribution in [0.25, 0.3) is 0 Å². The Bertz CT molecular complexity index is 371. The van der Waals surface area contributed by atoms with Crippen molar-refractivity contribution in [1.82, 2.24) is 5.32 Å². The summed E-state index contributed by atoms with van der Waals surface area (Å²) in [5.41, 5.74) is 1.86. The normalized spacial score (nSPS) is 17.1. The summed E-state index contributed by atoms with van der Waals surface area (Å²) in [5, 5.41) is 3.55. The maximum atomic E-state index is 13.4. The Labute approximate surface area is 103 Å².